The normalized spacial score (nSPS) is 21.9. The minimum absolute atomic E-state index is 0.678. The van der Waals surface area contributed by atoms with Crippen LogP contribution in [0.15, 0.2) is 42.7 Å². The zero-order chi connectivity index (χ0) is 14.0. The van der Waals surface area contributed by atoms with E-state index in [0.29, 0.717) is 5.75 Å². The van der Waals surface area contributed by atoms with Crippen LogP contribution in [0.2, 0.25) is 0 Å². The second-order valence-corrected chi connectivity index (χ2v) is 5.34. The molecule has 1 heterocycles. The lowest BCUT2D eigenvalue weighted by Crippen LogP contribution is -2.27. The van der Waals surface area contributed by atoms with Crippen molar-refractivity contribution in [1.29, 1.82) is 0 Å². The Balaban J connectivity index is 2.14. The fourth-order valence-corrected chi connectivity index (χ4v) is 3.03. The Hall–Kier alpha value is -1.87. The van der Waals surface area contributed by atoms with Crippen LogP contribution < -0.4 is 4.74 Å². The maximum absolute atomic E-state index is 11.3. The molecule has 1 aliphatic rings. The predicted octanol–water partition coefficient (Wildman–Crippen LogP) is 3.05. The number of aryl methyl sites for hydroxylation is 1. The number of fused-ring (bicyclic) bond motifs is 1. The smallest absolute Gasteiger partial charge is 0.137 e. The fourth-order valence-electron chi connectivity index (χ4n) is 3.03. The van der Waals surface area contributed by atoms with Gasteiger partial charge in [0.05, 0.1) is 13.3 Å². The summed E-state index contributed by atoms with van der Waals surface area (Å²) in [6.45, 7) is 0. The lowest BCUT2D eigenvalue weighted by Gasteiger charge is -2.29. The molecule has 0 fully saturated rings. The fraction of sp³-hybridized carbons (Fsp3) is 0.353. The summed E-state index contributed by atoms with van der Waals surface area (Å²) in [5.74, 6) is 0.678. The molecule has 0 spiro atoms. The van der Waals surface area contributed by atoms with Gasteiger partial charge in [-0.25, -0.2) is 0 Å². The standard InChI is InChI=1S/C17H19NO2/c1-20-15-10-14(11-18-12-15)17(19)9-5-4-7-13-6-2-3-8-16(13)17/h2-3,6,8,10-12,19H,4-5,7,9H2,1H3. The zero-order valence-electron chi connectivity index (χ0n) is 11.7. The second-order valence-electron chi connectivity index (χ2n) is 5.34. The van der Waals surface area contributed by atoms with Gasteiger partial charge in [-0.2, -0.15) is 0 Å². The van der Waals surface area contributed by atoms with Gasteiger partial charge < -0.3 is 9.84 Å². The first-order valence-electron chi connectivity index (χ1n) is 7.04. The van der Waals surface area contributed by atoms with E-state index in [9.17, 15) is 5.11 Å². The third-order valence-corrected chi connectivity index (χ3v) is 4.12. The molecule has 1 N–H and O–H groups in total. The Kier molecular flexibility index (Phi) is 3.45. The molecule has 1 atom stereocenters. The number of hydrogen-bond acceptors (Lipinski definition) is 3. The first-order valence-corrected chi connectivity index (χ1v) is 7.04. The number of hydrogen-bond donors (Lipinski definition) is 1. The maximum atomic E-state index is 11.3. The number of aliphatic hydroxyl groups is 1. The molecular formula is C17H19NO2. The van der Waals surface area contributed by atoms with Gasteiger partial charge in [0.25, 0.3) is 0 Å². The highest BCUT2D eigenvalue weighted by Gasteiger charge is 2.35. The Morgan fingerprint density at radius 3 is 2.90 bits per heavy atom. The quantitative estimate of drug-likeness (QED) is 0.852. The maximum Gasteiger partial charge on any atom is 0.137 e. The van der Waals surface area contributed by atoms with Crippen LogP contribution in [0.1, 0.15) is 36.0 Å². The number of methoxy groups -OCH3 is 1. The number of rotatable bonds is 2. The minimum Gasteiger partial charge on any atom is -0.495 e. The first kappa shape index (κ1) is 13.1. The van der Waals surface area contributed by atoms with Gasteiger partial charge in [0.1, 0.15) is 11.4 Å². The number of nitrogens with zero attached hydrogens (tertiary/aromatic N) is 1. The highest BCUT2D eigenvalue weighted by molar-refractivity contribution is 5.42. The van der Waals surface area contributed by atoms with Crippen molar-refractivity contribution < 1.29 is 9.84 Å². The van der Waals surface area contributed by atoms with E-state index >= 15 is 0 Å². The van der Waals surface area contributed by atoms with Gasteiger partial charge in [0.15, 0.2) is 0 Å². The molecule has 0 bridgehead atoms. The minimum atomic E-state index is -0.964. The topological polar surface area (TPSA) is 42.4 Å². The summed E-state index contributed by atoms with van der Waals surface area (Å²) in [6, 6.07) is 10.0. The molecule has 1 aliphatic carbocycles. The van der Waals surface area contributed by atoms with Crippen molar-refractivity contribution in [2.24, 2.45) is 0 Å². The van der Waals surface area contributed by atoms with Crippen LogP contribution in [0.4, 0.5) is 0 Å². The molecule has 0 saturated heterocycles. The SMILES string of the molecule is COc1cncc(C2(O)CCCCc3ccccc32)c1. The molecule has 1 unspecified atom stereocenters. The predicted molar refractivity (Wildman–Crippen MR) is 77.8 cm³/mol. The molecule has 20 heavy (non-hydrogen) atoms. The van der Waals surface area contributed by atoms with Gasteiger partial charge in [0, 0.05) is 11.8 Å². The van der Waals surface area contributed by atoms with Gasteiger partial charge in [0.2, 0.25) is 0 Å². The third kappa shape index (κ3) is 2.18. The zero-order valence-corrected chi connectivity index (χ0v) is 11.7. The molecule has 0 saturated carbocycles. The van der Waals surface area contributed by atoms with Gasteiger partial charge >= 0.3 is 0 Å². The largest absolute Gasteiger partial charge is 0.495 e. The highest BCUT2D eigenvalue weighted by Crippen LogP contribution is 2.39. The average molecular weight is 269 g/mol. The van der Waals surface area contributed by atoms with Crippen molar-refractivity contribution in [3.63, 3.8) is 0 Å². The average Bonchev–Trinajstić information content (AvgIpc) is 2.68. The van der Waals surface area contributed by atoms with Crippen molar-refractivity contribution in [3.05, 3.63) is 59.4 Å². The molecular weight excluding hydrogens is 250 g/mol. The van der Waals surface area contributed by atoms with E-state index in [0.717, 1.165) is 36.8 Å². The molecule has 104 valence electrons. The van der Waals surface area contributed by atoms with Gasteiger partial charge in [-0.15, -0.1) is 0 Å². The van der Waals surface area contributed by atoms with Crippen LogP contribution in [-0.2, 0) is 12.0 Å². The number of ether oxygens (including phenoxy) is 1. The van der Waals surface area contributed by atoms with Gasteiger partial charge in [-0.05, 0) is 42.9 Å². The van der Waals surface area contributed by atoms with Crippen molar-refractivity contribution in [3.8, 4) is 5.75 Å². The molecule has 0 amide bonds. The molecule has 2 aromatic rings. The number of aromatic nitrogens is 1. The Bertz CT molecular complexity index is 611. The lowest BCUT2D eigenvalue weighted by atomic mass is 9.82. The molecule has 0 aliphatic heterocycles. The monoisotopic (exact) mass is 269 g/mol. The van der Waals surface area contributed by atoms with E-state index in [1.807, 2.05) is 24.3 Å². The van der Waals surface area contributed by atoms with E-state index in [-0.39, 0.29) is 0 Å². The summed E-state index contributed by atoms with van der Waals surface area (Å²) in [6.07, 6.45) is 7.26. The number of pyridine rings is 1. The van der Waals surface area contributed by atoms with Gasteiger partial charge in [-0.1, -0.05) is 24.3 Å². The molecule has 1 aromatic carbocycles. The molecule has 3 rings (SSSR count). The first-order chi connectivity index (χ1) is 9.74. The highest BCUT2D eigenvalue weighted by atomic mass is 16.5. The van der Waals surface area contributed by atoms with E-state index in [1.165, 1.54) is 5.56 Å². The van der Waals surface area contributed by atoms with Crippen LogP contribution in [0.3, 0.4) is 0 Å². The Labute approximate surface area is 119 Å². The third-order valence-electron chi connectivity index (χ3n) is 4.12. The van der Waals surface area contributed by atoms with Crippen molar-refractivity contribution in [1.82, 2.24) is 4.98 Å². The molecule has 0 radical (unpaired) electrons. The number of benzene rings is 1. The Morgan fingerprint density at radius 1 is 1.20 bits per heavy atom. The van der Waals surface area contributed by atoms with Crippen LogP contribution in [0.5, 0.6) is 5.75 Å². The molecule has 3 heteroatoms. The van der Waals surface area contributed by atoms with Crippen LogP contribution in [-0.4, -0.2) is 17.2 Å². The van der Waals surface area contributed by atoms with E-state index < -0.39 is 5.60 Å². The van der Waals surface area contributed by atoms with Crippen LogP contribution >= 0.6 is 0 Å². The van der Waals surface area contributed by atoms with Crippen LogP contribution in [0.25, 0.3) is 0 Å². The lowest BCUT2D eigenvalue weighted by molar-refractivity contribution is 0.0698. The molecule has 1 aromatic heterocycles. The van der Waals surface area contributed by atoms with Crippen molar-refractivity contribution in [2.75, 3.05) is 7.11 Å². The Morgan fingerprint density at radius 2 is 2.05 bits per heavy atom. The van der Waals surface area contributed by atoms with Crippen molar-refractivity contribution >= 4 is 0 Å². The summed E-state index contributed by atoms with van der Waals surface area (Å²) in [5.41, 5.74) is 2.09. The molecule has 3 nitrogen and oxygen atoms in total. The van der Waals surface area contributed by atoms with Gasteiger partial charge in [-0.3, -0.25) is 4.98 Å². The summed E-state index contributed by atoms with van der Waals surface area (Å²) < 4.78 is 5.24. The summed E-state index contributed by atoms with van der Waals surface area (Å²) in [7, 11) is 1.62. The summed E-state index contributed by atoms with van der Waals surface area (Å²) in [5, 5.41) is 11.3. The van der Waals surface area contributed by atoms with E-state index in [1.54, 1.807) is 19.5 Å². The second kappa shape index (κ2) is 5.25. The van der Waals surface area contributed by atoms with E-state index in [2.05, 4.69) is 11.1 Å². The van der Waals surface area contributed by atoms with E-state index in [4.69, 9.17) is 4.74 Å². The summed E-state index contributed by atoms with van der Waals surface area (Å²) in [4.78, 5) is 4.19. The van der Waals surface area contributed by atoms with Crippen LogP contribution in [0, 0.1) is 0 Å². The van der Waals surface area contributed by atoms with Crippen molar-refractivity contribution in [2.45, 2.75) is 31.3 Å². The summed E-state index contributed by atoms with van der Waals surface area (Å²) >= 11 is 0.